The van der Waals surface area contributed by atoms with E-state index in [9.17, 15) is 18.0 Å². The molecule has 166 valence electrons. The van der Waals surface area contributed by atoms with Crippen LogP contribution in [0.2, 0.25) is 5.02 Å². The maximum absolute atomic E-state index is 14.0. The van der Waals surface area contributed by atoms with Gasteiger partial charge < -0.3 is 16.8 Å². The number of nitrogens with zero attached hydrogens (tertiary/aromatic N) is 5. The summed E-state index contributed by atoms with van der Waals surface area (Å²) in [5.74, 6) is -1.00. The standard InChI is InChI=1S/C18H15ClF3N9O/c1-6(26-15-11(19)14(23)28-18(24)29-15)16-27-12-8(13(21)22)4-7(20)5-9(12)17(32)31(16)10-2-3-25-30-10/h2-6,13H,1H3,(H,25,30)(H5,23,24,26,28,29). The van der Waals surface area contributed by atoms with Crippen LogP contribution in [-0.2, 0) is 0 Å². The van der Waals surface area contributed by atoms with Crippen molar-refractivity contribution in [2.24, 2.45) is 0 Å². The molecule has 3 aromatic heterocycles. The number of halogens is 4. The van der Waals surface area contributed by atoms with Gasteiger partial charge in [-0.3, -0.25) is 9.89 Å². The maximum atomic E-state index is 14.0. The van der Waals surface area contributed by atoms with E-state index in [2.05, 4.69) is 30.5 Å². The van der Waals surface area contributed by atoms with Crippen LogP contribution in [0.4, 0.5) is 30.8 Å². The summed E-state index contributed by atoms with van der Waals surface area (Å²) in [7, 11) is 0. The number of nitrogens with two attached hydrogens (primary N) is 2. The van der Waals surface area contributed by atoms with E-state index in [4.69, 9.17) is 23.1 Å². The van der Waals surface area contributed by atoms with Crippen molar-refractivity contribution in [2.75, 3.05) is 16.8 Å². The fourth-order valence-electron chi connectivity index (χ4n) is 3.21. The van der Waals surface area contributed by atoms with Crippen LogP contribution < -0.4 is 22.3 Å². The Morgan fingerprint density at radius 2 is 1.97 bits per heavy atom. The zero-order valence-electron chi connectivity index (χ0n) is 16.3. The SMILES string of the molecule is CC(Nc1nc(N)nc(N)c1Cl)c1nc2c(C(F)F)cc(F)cc2c(=O)n1-c1ccn[nH]1. The van der Waals surface area contributed by atoms with E-state index >= 15 is 0 Å². The summed E-state index contributed by atoms with van der Waals surface area (Å²) in [6, 6.07) is 2.13. The minimum Gasteiger partial charge on any atom is -0.382 e. The number of aromatic nitrogens is 6. The van der Waals surface area contributed by atoms with Crippen LogP contribution in [-0.4, -0.2) is 29.7 Å². The van der Waals surface area contributed by atoms with Gasteiger partial charge in [0.2, 0.25) is 5.95 Å². The summed E-state index contributed by atoms with van der Waals surface area (Å²) >= 11 is 6.13. The molecule has 1 atom stereocenters. The van der Waals surface area contributed by atoms with E-state index in [0.29, 0.717) is 6.07 Å². The van der Waals surface area contributed by atoms with Crippen molar-refractivity contribution in [2.45, 2.75) is 19.4 Å². The molecule has 4 aromatic rings. The number of nitrogen functional groups attached to an aromatic ring is 2. The minimum atomic E-state index is -3.06. The molecule has 1 aromatic carbocycles. The van der Waals surface area contributed by atoms with Gasteiger partial charge in [0.25, 0.3) is 12.0 Å². The molecule has 10 nitrogen and oxygen atoms in total. The van der Waals surface area contributed by atoms with E-state index < -0.39 is 29.4 Å². The highest BCUT2D eigenvalue weighted by molar-refractivity contribution is 6.35. The number of anilines is 3. The fourth-order valence-corrected chi connectivity index (χ4v) is 3.35. The molecular formula is C18H15ClF3N9O. The van der Waals surface area contributed by atoms with Gasteiger partial charge >= 0.3 is 0 Å². The summed E-state index contributed by atoms with van der Waals surface area (Å²) < 4.78 is 42.3. The van der Waals surface area contributed by atoms with E-state index in [-0.39, 0.29) is 45.2 Å². The Kier molecular flexibility index (Phi) is 5.34. The third-order valence-corrected chi connectivity index (χ3v) is 4.96. The number of benzene rings is 1. The van der Waals surface area contributed by atoms with Crippen LogP contribution >= 0.6 is 11.6 Å². The quantitative estimate of drug-likeness (QED) is 0.351. The topological polar surface area (TPSA) is 153 Å². The maximum Gasteiger partial charge on any atom is 0.267 e. The lowest BCUT2D eigenvalue weighted by Gasteiger charge is -2.20. The molecule has 0 aliphatic heterocycles. The van der Waals surface area contributed by atoms with Crippen LogP contribution in [0.1, 0.15) is 30.8 Å². The van der Waals surface area contributed by atoms with Crippen LogP contribution in [0.15, 0.2) is 29.2 Å². The number of hydrogen-bond donors (Lipinski definition) is 4. The number of alkyl halides is 2. The Morgan fingerprint density at radius 1 is 1.22 bits per heavy atom. The predicted molar refractivity (Wildman–Crippen MR) is 112 cm³/mol. The van der Waals surface area contributed by atoms with E-state index in [1.165, 1.54) is 12.3 Å². The Morgan fingerprint density at radius 3 is 2.62 bits per heavy atom. The van der Waals surface area contributed by atoms with Crippen LogP contribution in [0, 0.1) is 5.82 Å². The second-order valence-electron chi connectivity index (χ2n) is 6.74. The first kappa shape index (κ1) is 21.4. The van der Waals surface area contributed by atoms with Crippen molar-refractivity contribution in [3.05, 3.63) is 57.0 Å². The van der Waals surface area contributed by atoms with Gasteiger partial charge in [-0.15, -0.1) is 0 Å². The summed E-state index contributed by atoms with van der Waals surface area (Å²) in [5.41, 5.74) is 9.49. The molecule has 0 fully saturated rings. The van der Waals surface area contributed by atoms with Crippen LogP contribution in [0.5, 0.6) is 0 Å². The Hall–Kier alpha value is -3.87. The number of fused-ring (bicyclic) bond motifs is 1. The van der Waals surface area contributed by atoms with Gasteiger partial charge in [0.1, 0.15) is 28.3 Å². The first-order valence-corrected chi connectivity index (χ1v) is 9.44. The largest absolute Gasteiger partial charge is 0.382 e. The van der Waals surface area contributed by atoms with Gasteiger partial charge in [-0.1, -0.05) is 11.6 Å². The highest BCUT2D eigenvalue weighted by Crippen LogP contribution is 2.31. The lowest BCUT2D eigenvalue weighted by molar-refractivity contribution is 0.152. The Labute approximate surface area is 182 Å². The zero-order chi connectivity index (χ0) is 23.2. The normalized spacial score (nSPS) is 12.4. The smallest absolute Gasteiger partial charge is 0.267 e. The first-order chi connectivity index (χ1) is 15.2. The molecule has 4 rings (SSSR count). The molecule has 3 heterocycles. The lowest BCUT2D eigenvalue weighted by Crippen LogP contribution is -2.28. The van der Waals surface area contributed by atoms with Crippen molar-refractivity contribution < 1.29 is 13.2 Å². The third kappa shape index (κ3) is 3.66. The lowest BCUT2D eigenvalue weighted by atomic mass is 10.1. The van der Waals surface area contributed by atoms with Crippen LogP contribution in [0.25, 0.3) is 16.7 Å². The van der Waals surface area contributed by atoms with Crippen molar-refractivity contribution in [3.8, 4) is 5.82 Å². The van der Waals surface area contributed by atoms with Crippen molar-refractivity contribution in [1.82, 2.24) is 29.7 Å². The van der Waals surface area contributed by atoms with Crippen molar-refractivity contribution in [1.29, 1.82) is 0 Å². The number of rotatable bonds is 5. The Balaban J connectivity index is 1.97. The number of aromatic amines is 1. The van der Waals surface area contributed by atoms with Crippen molar-refractivity contribution in [3.63, 3.8) is 0 Å². The second-order valence-corrected chi connectivity index (χ2v) is 7.12. The molecule has 0 aliphatic carbocycles. The first-order valence-electron chi connectivity index (χ1n) is 9.06. The Bertz CT molecular complexity index is 1370. The van der Waals surface area contributed by atoms with Gasteiger partial charge in [0.05, 0.1) is 23.1 Å². The molecule has 0 aliphatic rings. The van der Waals surface area contributed by atoms with Gasteiger partial charge in [-0.05, 0) is 19.1 Å². The third-order valence-electron chi connectivity index (χ3n) is 4.59. The molecule has 0 amide bonds. The van der Waals surface area contributed by atoms with Crippen molar-refractivity contribution >= 4 is 40.1 Å². The minimum absolute atomic E-state index is 0.00733. The number of H-pyrrole nitrogens is 1. The predicted octanol–water partition coefficient (Wildman–Crippen LogP) is 2.97. The summed E-state index contributed by atoms with van der Waals surface area (Å²) in [4.78, 5) is 25.2. The van der Waals surface area contributed by atoms with E-state index in [0.717, 1.165) is 10.6 Å². The fraction of sp³-hybridized carbons (Fsp3) is 0.167. The van der Waals surface area contributed by atoms with Gasteiger partial charge in [-0.2, -0.15) is 15.1 Å². The second kappa shape index (κ2) is 8.00. The molecule has 0 bridgehead atoms. The average molecular weight is 466 g/mol. The van der Waals surface area contributed by atoms with E-state index in [1.54, 1.807) is 6.92 Å². The summed E-state index contributed by atoms with van der Waals surface area (Å²) in [6.07, 6.45) is -1.68. The average Bonchev–Trinajstić information content (AvgIpc) is 3.25. The molecule has 0 radical (unpaired) electrons. The highest BCUT2D eigenvalue weighted by Gasteiger charge is 2.24. The molecule has 0 saturated carbocycles. The monoisotopic (exact) mass is 465 g/mol. The summed E-state index contributed by atoms with van der Waals surface area (Å²) in [5, 5.41) is 8.97. The van der Waals surface area contributed by atoms with Gasteiger partial charge in [0.15, 0.2) is 5.82 Å². The molecule has 0 saturated heterocycles. The molecular weight excluding hydrogens is 451 g/mol. The van der Waals surface area contributed by atoms with E-state index in [1.807, 2.05) is 0 Å². The highest BCUT2D eigenvalue weighted by atomic mass is 35.5. The van der Waals surface area contributed by atoms with Gasteiger partial charge in [0, 0.05) is 11.6 Å². The number of hydrogen-bond acceptors (Lipinski definition) is 8. The zero-order valence-corrected chi connectivity index (χ0v) is 17.0. The summed E-state index contributed by atoms with van der Waals surface area (Å²) in [6.45, 7) is 1.58. The molecule has 32 heavy (non-hydrogen) atoms. The number of nitrogens with one attached hydrogen (secondary N) is 2. The molecule has 14 heteroatoms. The molecule has 6 N–H and O–H groups in total. The molecule has 1 unspecified atom stereocenters. The van der Waals surface area contributed by atoms with Crippen LogP contribution in [0.3, 0.4) is 0 Å². The molecule has 0 spiro atoms. The van der Waals surface area contributed by atoms with Gasteiger partial charge in [-0.25, -0.2) is 22.7 Å².